The number of rotatable bonds is 4. The van der Waals surface area contributed by atoms with Crippen molar-refractivity contribution in [3.05, 3.63) is 41.0 Å². The summed E-state index contributed by atoms with van der Waals surface area (Å²) in [7, 11) is 0. The van der Waals surface area contributed by atoms with Crippen LogP contribution in [0, 0.1) is 17.3 Å². The average Bonchev–Trinajstić information content (AvgIpc) is 2.96. The number of fused-ring (bicyclic) bond motifs is 5. The zero-order chi connectivity index (χ0) is 15.9. The molecule has 0 aliphatic heterocycles. The van der Waals surface area contributed by atoms with Crippen LogP contribution in [-0.2, 0) is 6.42 Å². The predicted molar refractivity (Wildman–Crippen MR) is 99.4 cm³/mol. The SMILES string of the molecule is CCCCCC1=C2c3ccccc3CC[C@H]2[C@@H]2CCC[C@@]2(C)C1. The lowest BCUT2D eigenvalue weighted by molar-refractivity contribution is 0.160. The molecule has 124 valence electrons. The molecule has 0 unspecified atom stereocenters. The highest BCUT2D eigenvalue weighted by atomic mass is 14.5. The van der Waals surface area contributed by atoms with Crippen LogP contribution in [0.25, 0.3) is 5.57 Å². The van der Waals surface area contributed by atoms with E-state index in [1.165, 1.54) is 64.2 Å². The van der Waals surface area contributed by atoms with Crippen LogP contribution < -0.4 is 0 Å². The molecule has 3 aliphatic carbocycles. The molecule has 0 nitrogen and oxygen atoms in total. The van der Waals surface area contributed by atoms with Crippen molar-refractivity contribution in [3.8, 4) is 0 Å². The van der Waals surface area contributed by atoms with E-state index in [-0.39, 0.29) is 0 Å². The smallest absolute Gasteiger partial charge is 0.0120 e. The third-order valence-electron chi connectivity index (χ3n) is 7.13. The van der Waals surface area contributed by atoms with E-state index in [0.29, 0.717) is 5.41 Å². The van der Waals surface area contributed by atoms with Gasteiger partial charge in [0.2, 0.25) is 0 Å². The van der Waals surface area contributed by atoms with Crippen molar-refractivity contribution >= 4 is 5.57 Å². The van der Waals surface area contributed by atoms with Crippen molar-refractivity contribution in [1.82, 2.24) is 0 Å². The summed E-state index contributed by atoms with van der Waals surface area (Å²) in [4.78, 5) is 0. The number of aryl methyl sites for hydroxylation is 1. The zero-order valence-electron chi connectivity index (χ0n) is 15.0. The Labute approximate surface area is 142 Å². The Morgan fingerprint density at radius 2 is 2.00 bits per heavy atom. The second-order valence-electron chi connectivity index (χ2n) is 8.61. The number of hydrogen-bond acceptors (Lipinski definition) is 0. The largest absolute Gasteiger partial charge is 0.0656 e. The van der Waals surface area contributed by atoms with Gasteiger partial charge < -0.3 is 0 Å². The van der Waals surface area contributed by atoms with Crippen LogP contribution in [0.1, 0.15) is 82.8 Å². The van der Waals surface area contributed by atoms with Gasteiger partial charge in [0, 0.05) is 0 Å². The van der Waals surface area contributed by atoms with Crippen LogP contribution in [0.5, 0.6) is 0 Å². The number of hydrogen-bond donors (Lipinski definition) is 0. The molecule has 0 radical (unpaired) electrons. The Bertz CT molecular complexity index is 608. The minimum atomic E-state index is 0.613. The first kappa shape index (κ1) is 15.5. The average molecular weight is 309 g/mol. The normalized spacial score (nSPS) is 32.4. The Kier molecular flexibility index (Phi) is 4.12. The first-order chi connectivity index (χ1) is 11.2. The standard InChI is InChI=1S/C23H32/c1-3-4-5-10-18-16-23(2)15-8-12-21(23)20-14-13-17-9-6-7-11-19(17)22(18)20/h6-7,9,11,20-21H,3-5,8,10,12-16H2,1-2H3/t20-,21-,23-/m0/s1. The first-order valence-electron chi connectivity index (χ1n) is 10.0. The Balaban J connectivity index is 1.77. The van der Waals surface area contributed by atoms with Crippen molar-refractivity contribution in [2.75, 3.05) is 0 Å². The highest BCUT2D eigenvalue weighted by molar-refractivity contribution is 5.75. The molecule has 0 heterocycles. The van der Waals surface area contributed by atoms with Gasteiger partial charge in [-0.2, -0.15) is 0 Å². The molecule has 1 aromatic rings. The van der Waals surface area contributed by atoms with E-state index >= 15 is 0 Å². The van der Waals surface area contributed by atoms with Gasteiger partial charge in [0.1, 0.15) is 0 Å². The van der Waals surface area contributed by atoms with Crippen LogP contribution >= 0.6 is 0 Å². The molecule has 0 bridgehead atoms. The van der Waals surface area contributed by atoms with E-state index in [1.54, 1.807) is 11.1 Å². The highest BCUT2D eigenvalue weighted by Gasteiger charge is 2.49. The lowest BCUT2D eigenvalue weighted by atomic mass is 9.57. The molecule has 23 heavy (non-hydrogen) atoms. The van der Waals surface area contributed by atoms with Crippen molar-refractivity contribution in [2.24, 2.45) is 17.3 Å². The summed E-state index contributed by atoms with van der Waals surface area (Å²) in [6.07, 6.45) is 14.0. The van der Waals surface area contributed by atoms with Gasteiger partial charge in [-0.3, -0.25) is 0 Å². The monoisotopic (exact) mass is 308 g/mol. The van der Waals surface area contributed by atoms with Crippen molar-refractivity contribution in [1.29, 1.82) is 0 Å². The molecule has 3 aliphatic rings. The maximum absolute atomic E-state index is 2.61. The summed E-state index contributed by atoms with van der Waals surface area (Å²) in [6, 6.07) is 9.30. The van der Waals surface area contributed by atoms with Gasteiger partial charge in [0.05, 0.1) is 0 Å². The fourth-order valence-corrected chi connectivity index (χ4v) is 6.07. The number of allylic oxidation sites excluding steroid dienone is 2. The second kappa shape index (κ2) is 6.11. The number of unbranched alkanes of at least 4 members (excludes halogenated alkanes) is 2. The van der Waals surface area contributed by atoms with Crippen LogP contribution in [0.4, 0.5) is 0 Å². The maximum atomic E-state index is 2.61. The lowest BCUT2D eigenvalue weighted by Crippen LogP contribution is -2.36. The molecule has 3 atom stereocenters. The van der Waals surface area contributed by atoms with Gasteiger partial charge in [0.15, 0.2) is 0 Å². The quantitative estimate of drug-likeness (QED) is 0.537. The van der Waals surface area contributed by atoms with E-state index in [4.69, 9.17) is 0 Å². The molecule has 1 saturated carbocycles. The van der Waals surface area contributed by atoms with Gasteiger partial charge in [0.25, 0.3) is 0 Å². The van der Waals surface area contributed by atoms with Gasteiger partial charge in [-0.15, -0.1) is 0 Å². The van der Waals surface area contributed by atoms with Crippen molar-refractivity contribution in [2.45, 2.75) is 78.1 Å². The lowest BCUT2D eigenvalue weighted by Gasteiger charge is -2.47. The van der Waals surface area contributed by atoms with Crippen LogP contribution in [0.3, 0.4) is 0 Å². The van der Waals surface area contributed by atoms with Gasteiger partial charge in [-0.25, -0.2) is 0 Å². The van der Waals surface area contributed by atoms with Gasteiger partial charge in [-0.05, 0) is 78.9 Å². The third-order valence-corrected chi connectivity index (χ3v) is 7.13. The van der Waals surface area contributed by atoms with Crippen LogP contribution in [0.15, 0.2) is 29.8 Å². The minimum absolute atomic E-state index is 0.613. The summed E-state index contributed by atoms with van der Waals surface area (Å²) in [5, 5.41) is 0. The summed E-state index contributed by atoms with van der Waals surface area (Å²) >= 11 is 0. The summed E-state index contributed by atoms with van der Waals surface area (Å²) in [5.74, 6) is 1.82. The molecule has 4 rings (SSSR count). The third kappa shape index (κ3) is 2.59. The Morgan fingerprint density at radius 1 is 1.13 bits per heavy atom. The molecule has 1 fully saturated rings. The highest BCUT2D eigenvalue weighted by Crippen LogP contribution is 2.60. The second-order valence-corrected chi connectivity index (χ2v) is 8.61. The summed E-state index contributed by atoms with van der Waals surface area (Å²) in [6.45, 7) is 4.94. The molecule has 1 aromatic carbocycles. The maximum Gasteiger partial charge on any atom is -0.0120 e. The zero-order valence-corrected chi connectivity index (χ0v) is 15.0. The molecule has 0 saturated heterocycles. The molecule has 0 aromatic heterocycles. The predicted octanol–water partition coefficient (Wildman–Crippen LogP) is 6.79. The van der Waals surface area contributed by atoms with E-state index in [1.807, 2.05) is 11.1 Å². The molecule has 0 spiro atoms. The van der Waals surface area contributed by atoms with E-state index in [2.05, 4.69) is 38.1 Å². The Hall–Kier alpha value is -1.04. The van der Waals surface area contributed by atoms with E-state index < -0.39 is 0 Å². The summed E-state index contributed by atoms with van der Waals surface area (Å²) < 4.78 is 0. The molecule has 0 amide bonds. The minimum Gasteiger partial charge on any atom is -0.0656 e. The van der Waals surface area contributed by atoms with E-state index in [9.17, 15) is 0 Å². The van der Waals surface area contributed by atoms with Crippen LogP contribution in [0.2, 0.25) is 0 Å². The molecular formula is C23H32. The number of benzene rings is 1. The Morgan fingerprint density at radius 3 is 2.87 bits per heavy atom. The topological polar surface area (TPSA) is 0 Å². The van der Waals surface area contributed by atoms with E-state index in [0.717, 1.165) is 11.8 Å². The fourth-order valence-electron chi connectivity index (χ4n) is 6.07. The van der Waals surface area contributed by atoms with Gasteiger partial charge >= 0.3 is 0 Å². The van der Waals surface area contributed by atoms with Gasteiger partial charge in [-0.1, -0.05) is 62.9 Å². The first-order valence-corrected chi connectivity index (χ1v) is 10.0. The molecular weight excluding hydrogens is 276 g/mol. The molecule has 0 N–H and O–H groups in total. The fraction of sp³-hybridized carbons (Fsp3) is 0.652. The summed E-state index contributed by atoms with van der Waals surface area (Å²) in [5.41, 5.74) is 7.52. The molecule has 0 heteroatoms. The van der Waals surface area contributed by atoms with Crippen molar-refractivity contribution < 1.29 is 0 Å². The van der Waals surface area contributed by atoms with Crippen molar-refractivity contribution in [3.63, 3.8) is 0 Å². The van der Waals surface area contributed by atoms with Crippen LogP contribution in [-0.4, -0.2) is 0 Å².